The maximum atomic E-state index is 13.6. The van der Waals surface area contributed by atoms with Gasteiger partial charge in [0.2, 0.25) is 0 Å². The fraction of sp³-hybridized carbons (Fsp3) is 0.262. The summed E-state index contributed by atoms with van der Waals surface area (Å²) < 4.78 is 69.8. The molecular weight excluding hydrogens is 829 g/mol. The Balaban J connectivity index is 1.07. The molecule has 19 heteroatoms. The van der Waals surface area contributed by atoms with E-state index in [1.807, 2.05) is 19.2 Å². The Kier molecular flexibility index (Phi) is 13.4. The van der Waals surface area contributed by atoms with Gasteiger partial charge in [-0.1, -0.05) is 43.5 Å². The standard InChI is InChI=1S/C42H42N6O11S2/c1-47(22-8-4-2-3-5-10-29(49)11-9-23-48-36(50)20-21-37(48)51)28-17-14-26(15-18-28)45-46-27-16-19-32(34(24-27)60(54,55)56)44-33-25-35(61(57,58)59)40(43)39-38(33)41(52)30-12-6-7-13-31(30)42(39)53/h6-7,12-21,24-25,43,45-46H,2-5,8-11,22-23H2,1H3,(H,54,55,56)(H,57,58,59). The maximum Gasteiger partial charge on any atom is 0.296 e. The molecule has 17 nitrogen and oxygen atoms in total. The molecule has 0 aromatic heterocycles. The van der Waals surface area contributed by atoms with E-state index >= 15 is 0 Å². The molecule has 6 rings (SSSR count). The number of carbonyl (C=O) groups excluding carboxylic acids is 3. The summed E-state index contributed by atoms with van der Waals surface area (Å²) in [5, 5.41) is 5.71. The number of nitrogens with one attached hydrogen (secondary N) is 3. The van der Waals surface area contributed by atoms with Crippen LogP contribution in [0.25, 0.3) is 10.8 Å². The van der Waals surface area contributed by atoms with Crippen LogP contribution < -0.4 is 37.3 Å². The van der Waals surface area contributed by atoms with Crippen molar-refractivity contribution in [1.82, 2.24) is 4.90 Å². The summed E-state index contributed by atoms with van der Waals surface area (Å²) in [6.07, 6.45) is 8.40. The van der Waals surface area contributed by atoms with E-state index in [0.717, 1.165) is 55.3 Å². The lowest BCUT2D eigenvalue weighted by molar-refractivity contribution is -0.137. The smallest absolute Gasteiger partial charge is 0.296 e. The summed E-state index contributed by atoms with van der Waals surface area (Å²) >= 11 is 0. The number of nitrogens with zero attached hydrogens (tertiary/aromatic N) is 3. The number of amides is 2. The van der Waals surface area contributed by atoms with Crippen LogP contribution in [0.2, 0.25) is 0 Å². The number of anilines is 3. The van der Waals surface area contributed by atoms with Crippen LogP contribution in [-0.4, -0.2) is 68.6 Å². The van der Waals surface area contributed by atoms with Gasteiger partial charge < -0.3 is 15.8 Å². The number of ketones is 1. The molecule has 3 aromatic carbocycles. The molecule has 2 amide bonds. The van der Waals surface area contributed by atoms with Gasteiger partial charge in [0, 0.05) is 61.6 Å². The van der Waals surface area contributed by atoms with Gasteiger partial charge in [0.05, 0.1) is 38.2 Å². The molecule has 1 heterocycles. The Morgan fingerprint density at radius 1 is 0.705 bits per heavy atom. The Hall–Kier alpha value is -6.41. The van der Waals surface area contributed by atoms with Crippen molar-refractivity contribution >= 4 is 71.4 Å². The lowest BCUT2D eigenvalue weighted by Gasteiger charge is -2.20. The molecule has 318 valence electrons. The van der Waals surface area contributed by atoms with Crippen molar-refractivity contribution < 1.29 is 40.3 Å². The van der Waals surface area contributed by atoms with E-state index in [9.17, 15) is 49.9 Å². The summed E-state index contributed by atoms with van der Waals surface area (Å²) in [6, 6.07) is 17.3. The molecule has 0 radical (unpaired) electrons. The normalized spacial score (nSPS) is 13.4. The molecule has 61 heavy (non-hydrogen) atoms. The predicted molar refractivity (Wildman–Crippen MR) is 226 cm³/mol. The first-order valence-corrected chi connectivity index (χ1v) is 22.1. The highest BCUT2D eigenvalue weighted by atomic mass is 32.2. The van der Waals surface area contributed by atoms with E-state index in [4.69, 9.17) is 5.41 Å². The van der Waals surface area contributed by atoms with E-state index in [2.05, 4.69) is 20.7 Å². The van der Waals surface area contributed by atoms with E-state index in [1.54, 1.807) is 12.1 Å². The third-order valence-corrected chi connectivity index (χ3v) is 12.0. The summed E-state index contributed by atoms with van der Waals surface area (Å²) in [5.74, 6) is -0.542. The number of hydrazine groups is 1. The van der Waals surface area contributed by atoms with Crippen LogP contribution >= 0.6 is 0 Å². The average molecular weight is 871 g/mol. The minimum atomic E-state index is -5.13. The molecule has 2 aliphatic carbocycles. The van der Waals surface area contributed by atoms with E-state index in [-0.39, 0.29) is 40.6 Å². The number of fused-ring (bicyclic) bond motifs is 1. The van der Waals surface area contributed by atoms with Crippen molar-refractivity contribution in [3.8, 4) is 0 Å². The lowest BCUT2D eigenvalue weighted by atomic mass is 10.0. The Bertz CT molecular complexity index is 3080. The summed E-state index contributed by atoms with van der Waals surface area (Å²) in [4.78, 5) is 68.2. The number of hydrogen-bond donors (Lipinski definition) is 5. The number of benzene rings is 3. The number of carbonyl (C=O) groups is 3. The summed E-state index contributed by atoms with van der Waals surface area (Å²) in [7, 11) is -8.16. The Morgan fingerprint density at radius 2 is 1.26 bits per heavy atom. The highest BCUT2D eigenvalue weighted by Crippen LogP contribution is 2.28. The third-order valence-electron chi connectivity index (χ3n) is 10.2. The van der Waals surface area contributed by atoms with Gasteiger partial charge in [-0.3, -0.25) is 43.4 Å². The number of imide groups is 1. The molecule has 5 N–H and O–H groups in total. The van der Waals surface area contributed by atoms with E-state index in [1.165, 1.54) is 48.6 Å². The average Bonchev–Trinajstić information content (AvgIpc) is 3.54. The van der Waals surface area contributed by atoms with Crippen molar-refractivity contribution in [2.45, 2.75) is 61.2 Å². The van der Waals surface area contributed by atoms with Gasteiger partial charge in [-0.2, -0.15) is 16.8 Å². The maximum absolute atomic E-state index is 13.6. The van der Waals surface area contributed by atoms with Gasteiger partial charge in [0.15, 0.2) is 10.9 Å². The zero-order valence-electron chi connectivity index (χ0n) is 32.9. The molecule has 3 aromatic rings. The molecule has 0 saturated carbocycles. The SMILES string of the molecule is CN(CCCCCCCC(=O)CCCN1C(=O)C=CC1=O)c1ccc(NNc2ccc(N=c3cc(S(=O)(=O)O)c(=N)c4c(=O)c5ccccc5c(=O)c3=4)c(S(=O)(=O)O)c2)cc1. The quantitative estimate of drug-likeness (QED) is 0.0342. The van der Waals surface area contributed by atoms with Gasteiger partial charge in [-0.15, -0.1) is 0 Å². The van der Waals surface area contributed by atoms with Crippen molar-refractivity contribution in [2.24, 2.45) is 4.99 Å². The number of hydrogen-bond acceptors (Lipinski definition) is 14. The topological polar surface area (TPSA) is 261 Å². The third kappa shape index (κ3) is 10.3. The van der Waals surface area contributed by atoms with Crippen molar-refractivity contribution in [1.29, 1.82) is 5.41 Å². The second-order valence-corrected chi connectivity index (χ2v) is 17.3. The Labute approximate surface area is 349 Å². The summed E-state index contributed by atoms with van der Waals surface area (Å²) in [6.45, 7) is 1.05. The van der Waals surface area contributed by atoms with Crippen LogP contribution in [0, 0.1) is 15.8 Å². The molecule has 0 saturated heterocycles. The molecule has 1 aliphatic heterocycles. The highest BCUT2D eigenvalue weighted by Gasteiger charge is 2.23. The minimum absolute atomic E-state index is 0.0493. The molecule has 0 fully saturated rings. The largest absolute Gasteiger partial charge is 0.375 e. The second kappa shape index (κ2) is 18.5. The van der Waals surface area contributed by atoms with Crippen LogP contribution in [0.5, 0.6) is 0 Å². The van der Waals surface area contributed by atoms with Crippen molar-refractivity contribution in [2.75, 3.05) is 35.9 Å². The first-order valence-electron chi connectivity index (χ1n) is 19.2. The van der Waals surface area contributed by atoms with Crippen LogP contribution in [0.4, 0.5) is 22.7 Å². The number of unbranched alkanes of at least 4 members (excludes halogenated alkanes) is 4. The lowest BCUT2D eigenvalue weighted by Crippen LogP contribution is -2.32. The fourth-order valence-electron chi connectivity index (χ4n) is 7.05. The number of Topliss-reactive ketones (excluding diaryl/α,β-unsaturated/α-hetero) is 1. The van der Waals surface area contributed by atoms with Crippen LogP contribution in [-0.2, 0) is 34.6 Å². The Morgan fingerprint density at radius 3 is 1.90 bits per heavy atom. The molecular formula is C42H42N6O11S2. The van der Waals surface area contributed by atoms with E-state index in [0.29, 0.717) is 31.0 Å². The highest BCUT2D eigenvalue weighted by molar-refractivity contribution is 7.86. The monoisotopic (exact) mass is 870 g/mol. The van der Waals surface area contributed by atoms with Crippen LogP contribution in [0.1, 0.15) is 51.4 Å². The van der Waals surface area contributed by atoms with Gasteiger partial charge in [0.1, 0.15) is 15.6 Å². The van der Waals surface area contributed by atoms with Gasteiger partial charge in [-0.05, 0) is 67.8 Å². The van der Waals surface area contributed by atoms with Crippen LogP contribution in [0.3, 0.4) is 0 Å². The molecule has 0 bridgehead atoms. The zero-order valence-corrected chi connectivity index (χ0v) is 34.5. The zero-order chi connectivity index (χ0) is 44.1. The molecule has 0 atom stereocenters. The number of rotatable bonds is 19. The first-order chi connectivity index (χ1) is 28.9. The molecule has 3 aliphatic rings. The minimum Gasteiger partial charge on any atom is -0.375 e. The van der Waals surface area contributed by atoms with E-state index < -0.39 is 67.7 Å². The molecule has 0 spiro atoms. The van der Waals surface area contributed by atoms with Crippen molar-refractivity contribution in [3.63, 3.8) is 0 Å². The second-order valence-electron chi connectivity index (χ2n) is 14.5. The van der Waals surface area contributed by atoms with Gasteiger partial charge >= 0.3 is 0 Å². The fourth-order valence-corrected chi connectivity index (χ4v) is 8.32. The van der Waals surface area contributed by atoms with Crippen molar-refractivity contribution in [3.05, 3.63) is 127 Å². The van der Waals surface area contributed by atoms with Crippen LogP contribution in [0.15, 0.2) is 109 Å². The summed E-state index contributed by atoms with van der Waals surface area (Å²) in [5.41, 5.74) is 5.41. The van der Waals surface area contributed by atoms with Gasteiger partial charge in [-0.25, -0.2) is 4.99 Å². The first kappa shape index (κ1) is 44.2. The molecule has 0 unspecified atom stereocenters. The van der Waals surface area contributed by atoms with Gasteiger partial charge in [0.25, 0.3) is 32.1 Å². The predicted octanol–water partition coefficient (Wildman–Crippen LogP) is 3.86.